The molecule has 7 nitrogen and oxygen atoms in total. The Balaban J connectivity index is 1.56. The monoisotopic (exact) mass is 354 g/mol. The van der Waals surface area contributed by atoms with Crippen LogP contribution in [0, 0.1) is 5.92 Å². The molecule has 3 aliphatic rings. The zero-order valence-corrected chi connectivity index (χ0v) is 15.0. The van der Waals surface area contributed by atoms with Crippen molar-refractivity contribution in [3.8, 4) is 0 Å². The fraction of sp³-hybridized carbons (Fsp3) is 0.812. The number of likely N-dealkylation sites (tertiary alicyclic amines) is 1. The maximum Gasteiger partial charge on any atom is 0.212 e. The first kappa shape index (κ1) is 16.5. The van der Waals surface area contributed by atoms with E-state index in [1.54, 1.807) is 10.6 Å². The van der Waals surface area contributed by atoms with Gasteiger partial charge in [-0.3, -0.25) is 0 Å². The number of fused-ring (bicyclic) bond motifs is 2. The van der Waals surface area contributed by atoms with Crippen molar-refractivity contribution >= 4 is 10.0 Å². The van der Waals surface area contributed by atoms with Gasteiger partial charge >= 0.3 is 0 Å². The highest BCUT2D eigenvalue weighted by molar-refractivity contribution is 7.88. The first-order valence-corrected chi connectivity index (χ1v) is 10.6. The standard InChI is InChI=1S/C16H26N4O3S/c1-24(21,22)20-6-2-14-15(18-12-17-14)16(20)4-7-19(8-5-16)10-13-3-9-23-11-13/h12-13H,2-11H2,1H3,(H,17,18)/t13-/m1/s1. The lowest BCUT2D eigenvalue weighted by atomic mass is 9.80. The molecule has 1 spiro atoms. The van der Waals surface area contributed by atoms with Crippen LogP contribution in [0.4, 0.5) is 0 Å². The lowest BCUT2D eigenvalue weighted by molar-refractivity contribution is 0.0551. The first-order valence-electron chi connectivity index (χ1n) is 8.80. The molecule has 4 rings (SSSR count). The average Bonchev–Trinajstić information content (AvgIpc) is 3.20. The van der Waals surface area contributed by atoms with Crippen LogP contribution in [0.5, 0.6) is 0 Å². The van der Waals surface area contributed by atoms with Crippen molar-refractivity contribution in [3.63, 3.8) is 0 Å². The molecule has 2 fully saturated rings. The molecule has 0 saturated carbocycles. The van der Waals surface area contributed by atoms with Crippen molar-refractivity contribution in [2.45, 2.75) is 31.2 Å². The van der Waals surface area contributed by atoms with Crippen molar-refractivity contribution in [2.75, 3.05) is 45.6 Å². The summed E-state index contributed by atoms with van der Waals surface area (Å²) in [5, 5.41) is 0. The van der Waals surface area contributed by atoms with E-state index in [0.717, 1.165) is 63.5 Å². The summed E-state index contributed by atoms with van der Waals surface area (Å²) in [4.78, 5) is 10.2. The SMILES string of the molecule is CS(=O)(=O)N1CCc2[nH]cnc2C12CCN(C[C@H]1CCOC1)CC2. The molecule has 0 unspecified atom stereocenters. The minimum absolute atomic E-state index is 0.468. The molecule has 4 heterocycles. The second-order valence-corrected chi connectivity index (χ2v) is 9.28. The molecule has 24 heavy (non-hydrogen) atoms. The molecular formula is C16H26N4O3S. The van der Waals surface area contributed by atoms with Crippen molar-refractivity contribution in [1.29, 1.82) is 0 Å². The largest absolute Gasteiger partial charge is 0.381 e. The summed E-state index contributed by atoms with van der Waals surface area (Å²) in [6.07, 6.45) is 6.51. The Morgan fingerprint density at radius 3 is 2.83 bits per heavy atom. The van der Waals surface area contributed by atoms with E-state index in [4.69, 9.17) is 4.74 Å². The van der Waals surface area contributed by atoms with Gasteiger partial charge in [0, 0.05) is 44.9 Å². The molecule has 3 aliphatic heterocycles. The summed E-state index contributed by atoms with van der Waals surface area (Å²) in [6.45, 7) is 5.16. The molecule has 0 radical (unpaired) electrons. The second kappa shape index (κ2) is 6.09. The maximum atomic E-state index is 12.4. The number of imidazole rings is 1. The highest BCUT2D eigenvalue weighted by Crippen LogP contribution is 2.43. The number of sulfonamides is 1. The molecule has 0 aromatic carbocycles. The Morgan fingerprint density at radius 1 is 1.38 bits per heavy atom. The van der Waals surface area contributed by atoms with Gasteiger partial charge in [-0.2, -0.15) is 4.31 Å². The number of hydrogen-bond acceptors (Lipinski definition) is 5. The van der Waals surface area contributed by atoms with Gasteiger partial charge in [0.15, 0.2) is 0 Å². The lowest BCUT2D eigenvalue weighted by Crippen LogP contribution is -2.58. The van der Waals surface area contributed by atoms with Crippen LogP contribution in [0.3, 0.4) is 0 Å². The number of rotatable bonds is 3. The molecule has 8 heteroatoms. The number of hydrogen-bond donors (Lipinski definition) is 1. The van der Waals surface area contributed by atoms with E-state index in [9.17, 15) is 8.42 Å². The topological polar surface area (TPSA) is 78.5 Å². The Hall–Kier alpha value is -0.960. The molecule has 0 bridgehead atoms. The number of aromatic amines is 1. The minimum atomic E-state index is -3.25. The zero-order valence-electron chi connectivity index (χ0n) is 14.2. The van der Waals surface area contributed by atoms with Crippen LogP contribution in [0.25, 0.3) is 0 Å². The van der Waals surface area contributed by atoms with E-state index in [1.165, 1.54) is 6.26 Å². The van der Waals surface area contributed by atoms with Gasteiger partial charge in [0.2, 0.25) is 10.0 Å². The van der Waals surface area contributed by atoms with Gasteiger partial charge in [-0.1, -0.05) is 0 Å². The van der Waals surface area contributed by atoms with Gasteiger partial charge in [-0.25, -0.2) is 13.4 Å². The van der Waals surface area contributed by atoms with Gasteiger partial charge in [0.25, 0.3) is 0 Å². The van der Waals surface area contributed by atoms with Crippen LogP contribution in [-0.4, -0.2) is 73.2 Å². The molecule has 2 saturated heterocycles. The van der Waals surface area contributed by atoms with Gasteiger partial charge < -0.3 is 14.6 Å². The molecule has 1 aromatic rings. The number of nitrogens with one attached hydrogen (secondary N) is 1. The van der Waals surface area contributed by atoms with Crippen LogP contribution in [-0.2, 0) is 26.7 Å². The van der Waals surface area contributed by atoms with Gasteiger partial charge in [-0.05, 0) is 25.2 Å². The van der Waals surface area contributed by atoms with Gasteiger partial charge in [-0.15, -0.1) is 0 Å². The number of ether oxygens (including phenoxy) is 1. The molecule has 134 valence electrons. The summed E-state index contributed by atoms with van der Waals surface area (Å²) in [5.74, 6) is 0.623. The predicted molar refractivity (Wildman–Crippen MR) is 90.1 cm³/mol. The highest BCUT2D eigenvalue weighted by Gasteiger charge is 2.50. The highest BCUT2D eigenvalue weighted by atomic mass is 32.2. The Labute approximate surface area is 143 Å². The summed E-state index contributed by atoms with van der Waals surface area (Å²) in [7, 11) is -3.25. The third kappa shape index (κ3) is 2.79. The van der Waals surface area contributed by atoms with Gasteiger partial charge in [0.05, 0.1) is 30.4 Å². The lowest BCUT2D eigenvalue weighted by Gasteiger charge is -2.49. The Bertz CT molecular complexity index is 688. The second-order valence-electron chi connectivity index (χ2n) is 7.38. The molecule has 1 atom stereocenters. The van der Waals surface area contributed by atoms with Crippen LogP contribution in [0.1, 0.15) is 30.7 Å². The van der Waals surface area contributed by atoms with Gasteiger partial charge in [0.1, 0.15) is 0 Å². The van der Waals surface area contributed by atoms with Crippen molar-refractivity contribution in [2.24, 2.45) is 5.92 Å². The average molecular weight is 354 g/mol. The van der Waals surface area contributed by atoms with E-state index < -0.39 is 15.6 Å². The van der Waals surface area contributed by atoms with Crippen molar-refractivity contribution in [3.05, 3.63) is 17.7 Å². The number of H-pyrrole nitrogens is 1. The van der Waals surface area contributed by atoms with E-state index in [0.29, 0.717) is 18.9 Å². The minimum Gasteiger partial charge on any atom is -0.381 e. The third-order valence-electron chi connectivity index (χ3n) is 5.83. The van der Waals surface area contributed by atoms with Crippen LogP contribution in [0.2, 0.25) is 0 Å². The fourth-order valence-corrected chi connectivity index (χ4v) is 5.95. The molecule has 1 N–H and O–H groups in total. The fourth-order valence-electron chi connectivity index (χ4n) is 4.63. The Kier molecular flexibility index (Phi) is 4.19. The first-order chi connectivity index (χ1) is 11.5. The smallest absolute Gasteiger partial charge is 0.212 e. The normalized spacial score (nSPS) is 28.3. The van der Waals surface area contributed by atoms with Crippen molar-refractivity contribution < 1.29 is 13.2 Å². The van der Waals surface area contributed by atoms with Crippen LogP contribution < -0.4 is 0 Å². The van der Waals surface area contributed by atoms with Crippen LogP contribution in [0.15, 0.2) is 6.33 Å². The summed E-state index contributed by atoms with van der Waals surface area (Å²) >= 11 is 0. The molecule has 0 amide bonds. The quantitative estimate of drug-likeness (QED) is 0.858. The van der Waals surface area contributed by atoms with E-state index in [1.807, 2.05) is 0 Å². The Morgan fingerprint density at radius 2 is 2.17 bits per heavy atom. The summed E-state index contributed by atoms with van der Waals surface area (Å²) in [6, 6.07) is 0. The summed E-state index contributed by atoms with van der Waals surface area (Å²) in [5.41, 5.74) is 1.58. The maximum absolute atomic E-state index is 12.4. The number of piperidine rings is 1. The summed E-state index contributed by atoms with van der Waals surface area (Å²) < 4.78 is 32.0. The number of aromatic nitrogens is 2. The molecule has 0 aliphatic carbocycles. The number of nitrogens with zero attached hydrogens (tertiary/aromatic N) is 3. The van der Waals surface area contributed by atoms with Crippen LogP contribution >= 0.6 is 0 Å². The predicted octanol–water partition coefficient (Wildman–Crippen LogP) is 0.555. The third-order valence-corrected chi connectivity index (χ3v) is 7.16. The van der Waals surface area contributed by atoms with Crippen molar-refractivity contribution in [1.82, 2.24) is 19.2 Å². The van der Waals surface area contributed by atoms with E-state index in [2.05, 4.69) is 14.9 Å². The molecular weight excluding hydrogens is 328 g/mol. The molecule has 1 aromatic heterocycles. The zero-order chi connectivity index (χ0) is 16.8. The van der Waals surface area contributed by atoms with E-state index in [-0.39, 0.29) is 0 Å². The van der Waals surface area contributed by atoms with E-state index >= 15 is 0 Å².